The Bertz CT molecular complexity index is 297. The minimum atomic E-state index is -1.06. The van der Waals surface area contributed by atoms with Gasteiger partial charge in [0.1, 0.15) is 0 Å². The summed E-state index contributed by atoms with van der Waals surface area (Å²) in [5.74, 6) is -0.593. The van der Waals surface area contributed by atoms with Gasteiger partial charge in [0, 0.05) is 21.2 Å². The summed E-state index contributed by atoms with van der Waals surface area (Å²) >= 11 is 4.78. The number of carbonyl (C=O) groups excluding carboxylic acids is 1. The molecule has 0 saturated carbocycles. The van der Waals surface area contributed by atoms with Gasteiger partial charge in [-0.05, 0) is 22.0 Å². The average Bonchev–Trinajstić information content (AvgIpc) is 2.49. The Labute approximate surface area is 88.5 Å². The Kier molecular flexibility index (Phi) is 3.90. The van der Waals surface area contributed by atoms with Crippen molar-refractivity contribution in [3.8, 4) is 0 Å². The number of aliphatic hydroxyl groups is 1. The van der Waals surface area contributed by atoms with E-state index in [0.29, 0.717) is 6.42 Å². The molecule has 3 nitrogen and oxygen atoms in total. The fraction of sp³-hybridized carbons (Fsp3) is 0.375. The topological polar surface area (TPSA) is 46.5 Å². The molecule has 72 valence electrons. The third-order valence-electron chi connectivity index (χ3n) is 1.49. The number of rotatable bonds is 3. The van der Waals surface area contributed by atoms with Crippen LogP contribution in [0.1, 0.15) is 4.88 Å². The van der Waals surface area contributed by atoms with Crippen LogP contribution >= 0.6 is 27.3 Å². The normalized spacial score (nSPS) is 12.5. The zero-order valence-electron chi connectivity index (χ0n) is 6.99. The molecule has 1 atom stereocenters. The van der Waals surface area contributed by atoms with Crippen LogP contribution in [0.15, 0.2) is 15.9 Å². The van der Waals surface area contributed by atoms with E-state index < -0.39 is 12.1 Å². The lowest BCUT2D eigenvalue weighted by molar-refractivity contribution is -0.150. The molecule has 1 rings (SSSR count). The molecule has 0 aliphatic rings. The van der Waals surface area contributed by atoms with Gasteiger partial charge < -0.3 is 9.84 Å². The molecule has 0 saturated heterocycles. The Hall–Kier alpha value is -0.390. The second-order valence-corrected chi connectivity index (χ2v) is 4.39. The minimum Gasteiger partial charge on any atom is -0.467 e. The van der Waals surface area contributed by atoms with E-state index in [1.807, 2.05) is 11.4 Å². The summed E-state index contributed by atoms with van der Waals surface area (Å²) in [4.78, 5) is 11.8. The van der Waals surface area contributed by atoms with E-state index in [0.717, 1.165) is 9.35 Å². The zero-order chi connectivity index (χ0) is 9.84. The monoisotopic (exact) mass is 264 g/mol. The lowest BCUT2D eigenvalue weighted by atomic mass is 10.2. The summed E-state index contributed by atoms with van der Waals surface area (Å²) in [6, 6.07) is 1.87. The second-order valence-electron chi connectivity index (χ2n) is 2.47. The first-order valence-corrected chi connectivity index (χ1v) is 5.29. The van der Waals surface area contributed by atoms with Crippen LogP contribution < -0.4 is 0 Å². The summed E-state index contributed by atoms with van der Waals surface area (Å²) in [6.07, 6.45) is -0.751. The van der Waals surface area contributed by atoms with E-state index in [9.17, 15) is 9.90 Å². The Balaban J connectivity index is 2.54. The molecule has 0 bridgehead atoms. The van der Waals surface area contributed by atoms with Gasteiger partial charge in [-0.25, -0.2) is 4.79 Å². The van der Waals surface area contributed by atoms with E-state index in [4.69, 9.17) is 0 Å². The van der Waals surface area contributed by atoms with Crippen molar-refractivity contribution in [3.63, 3.8) is 0 Å². The average molecular weight is 265 g/mol. The molecule has 1 aromatic heterocycles. The Morgan fingerprint density at radius 1 is 1.85 bits per heavy atom. The van der Waals surface area contributed by atoms with Crippen molar-refractivity contribution in [2.45, 2.75) is 12.5 Å². The highest BCUT2D eigenvalue weighted by Crippen LogP contribution is 2.21. The molecule has 0 spiro atoms. The molecule has 0 radical (unpaired) electrons. The van der Waals surface area contributed by atoms with E-state index in [1.54, 1.807) is 0 Å². The molecular formula is C8H9BrO3S. The van der Waals surface area contributed by atoms with Gasteiger partial charge in [0.25, 0.3) is 0 Å². The highest BCUT2D eigenvalue weighted by Gasteiger charge is 2.16. The van der Waals surface area contributed by atoms with Crippen molar-refractivity contribution in [1.29, 1.82) is 0 Å². The number of halogens is 1. The largest absolute Gasteiger partial charge is 0.467 e. The van der Waals surface area contributed by atoms with E-state index in [-0.39, 0.29) is 0 Å². The number of hydrogen-bond acceptors (Lipinski definition) is 4. The summed E-state index contributed by atoms with van der Waals surface area (Å²) in [5.41, 5.74) is 0. The van der Waals surface area contributed by atoms with E-state index in [2.05, 4.69) is 20.7 Å². The van der Waals surface area contributed by atoms with Gasteiger partial charge >= 0.3 is 5.97 Å². The first-order valence-electron chi connectivity index (χ1n) is 3.62. The highest BCUT2D eigenvalue weighted by atomic mass is 79.9. The van der Waals surface area contributed by atoms with Crippen LogP contribution in [0.4, 0.5) is 0 Å². The first kappa shape index (κ1) is 10.7. The smallest absolute Gasteiger partial charge is 0.335 e. The molecule has 0 aliphatic heterocycles. The van der Waals surface area contributed by atoms with Gasteiger partial charge in [-0.15, -0.1) is 11.3 Å². The maximum atomic E-state index is 10.8. The number of esters is 1. The van der Waals surface area contributed by atoms with Crippen LogP contribution in [0.3, 0.4) is 0 Å². The summed E-state index contributed by atoms with van der Waals surface area (Å²) in [7, 11) is 1.26. The van der Waals surface area contributed by atoms with Crippen molar-refractivity contribution < 1.29 is 14.6 Å². The number of hydrogen-bond donors (Lipinski definition) is 1. The van der Waals surface area contributed by atoms with E-state index in [1.165, 1.54) is 18.4 Å². The van der Waals surface area contributed by atoms with Gasteiger partial charge in [0.05, 0.1) is 7.11 Å². The molecule has 0 amide bonds. The van der Waals surface area contributed by atoms with Crippen molar-refractivity contribution in [3.05, 3.63) is 20.8 Å². The van der Waals surface area contributed by atoms with Gasteiger partial charge in [0.2, 0.25) is 0 Å². The summed E-state index contributed by atoms with van der Waals surface area (Å²) in [5, 5.41) is 11.2. The lowest BCUT2D eigenvalue weighted by Crippen LogP contribution is -2.23. The van der Waals surface area contributed by atoms with Crippen LogP contribution in [0.25, 0.3) is 0 Å². The fourth-order valence-electron chi connectivity index (χ4n) is 0.871. The van der Waals surface area contributed by atoms with Crippen LogP contribution in [-0.2, 0) is 16.0 Å². The van der Waals surface area contributed by atoms with Crippen molar-refractivity contribution in [2.24, 2.45) is 0 Å². The molecule has 0 aliphatic carbocycles. The molecule has 1 aromatic rings. The maximum Gasteiger partial charge on any atom is 0.335 e. The fourth-order valence-corrected chi connectivity index (χ4v) is 2.36. The highest BCUT2D eigenvalue weighted by molar-refractivity contribution is 9.10. The number of thiophene rings is 1. The van der Waals surface area contributed by atoms with Crippen molar-refractivity contribution in [2.75, 3.05) is 7.11 Å². The molecule has 5 heteroatoms. The predicted molar refractivity (Wildman–Crippen MR) is 53.7 cm³/mol. The maximum absolute atomic E-state index is 10.8. The molecule has 0 aromatic carbocycles. The molecule has 1 unspecified atom stereocenters. The Morgan fingerprint density at radius 3 is 3.00 bits per heavy atom. The standard InChI is InChI=1S/C8H9BrO3S/c1-12-8(11)7(10)3-6-2-5(9)4-13-6/h2,4,7,10H,3H2,1H3. The second kappa shape index (κ2) is 4.74. The molecule has 13 heavy (non-hydrogen) atoms. The third kappa shape index (κ3) is 3.10. The van der Waals surface area contributed by atoms with Crippen LogP contribution in [-0.4, -0.2) is 24.3 Å². The number of ether oxygens (including phenoxy) is 1. The van der Waals surface area contributed by atoms with Crippen molar-refractivity contribution >= 4 is 33.2 Å². The lowest BCUT2D eigenvalue weighted by Gasteiger charge is -2.05. The molecule has 1 N–H and O–H groups in total. The number of carbonyl (C=O) groups is 1. The molecular weight excluding hydrogens is 256 g/mol. The van der Waals surface area contributed by atoms with Gasteiger partial charge in [0.15, 0.2) is 6.10 Å². The van der Waals surface area contributed by atoms with Crippen LogP contribution in [0.5, 0.6) is 0 Å². The Morgan fingerprint density at radius 2 is 2.54 bits per heavy atom. The quantitative estimate of drug-likeness (QED) is 0.844. The number of methoxy groups -OCH3 is 1. The molecule has 1 heterocycles. The zero-order valence-corrected chi connectivity index (χ0v) is 9.39. The molecule has 0 fully saturated rings. The van der Waals surface area contributed by atoms with Gasteiger partial charge in [-0.1, -0.05) is 0 Å². The summed E-state index contributed by atoms with van der Waals surface area (Å²) in [6.45, 7) is 0. The third-order valence-corrected chi connectivity index (χ3v) is 3.21. The van der Waals surface area contributed by atoms with Crippen LogP contribution in [0, 0.1) is 0 Å². The van der Waals surface area contributed by atoms with Gasteiger partial charge in [-0.2, -0.15) is 0 Å². The minimum absolute atomic E-state index is 0.308. The summed E-state index contributed by atoms with van der Waals surface area (Å²) < 4.78 is 5.36. The van der Waals surface area contributed by atoms with Crippen LogP contribution in [0.2, 0.25) is 0 Å². The first-order chi connectivity index (χ1) is 6.13. The predicted octanol–water partition coefficient (Wildman–Crippen LogP) is 1.59. The number of aliphatic hydroxyl groups excluding tert-OH is 1. The van der Waals surface area contributed by atoms with Gasteiger partial charge in [-0.3, -0.25) is 0 Å². The van der Waals surface area contributed by atoms with E-state index >= 15 is 0 Å². The SMILES string of the molecule is COC(=O)C(O)Cc1cc(Br)cs1. The van der Waals surface area contributed by atoms with Crippen molar-refractivity contribution in [1.82, 2.24) is 0 Å².